The quantitative estimate of drug-likeness (QED) is 0.731. The summed E-state index contributed by atoms with van der Waals surface area (Å²) in [6.07, 6.45) is 1.99. The number of rotatable bonds is 3. The first kappa shape index (κ1) is 15.7. The van der Waals surface area contributed by atoms with Gasteiger partial charge in [0.25, 0.3) is 11.5 Å². The second-order valence-electron chi connectivity index (χ2n) is 5.81. The first-order valence-corrected chi connectivity index (χ1v) is 7.55. The molecule has 0 saturated carbocycles. The Morgan fingerprint density at radius 1 is 1.42 bits per heavy atom. The molecule has 0 atom stereocenters. The van der Waals surface area contributed by atoms with Crippen molar-refractivity contribution in [2.45, 2.75) is 13.3 Å². The maximum atomic E-state index is 12.7. The monoisotopic (exact) mass is 323 g/mol. The Kier molecular flexibility index (Phi) is 3.81. The van der Waals surface area contributed by atoms with Crippen LogP contribution in [0.1, 0.15) is 22.5 Å². The Morgan fingerprint density at radius 3 is 2.88 bits per heavy atom. The van der Waals surface area contributed by atoms with Gasteiger partial charge in [0.05, 0.1) is 17.9 Å². The molecular formula is C17H17N5O2. The molecule has 1 amide bonds. The molecule has 0 aliphatic heterocycles. The van der Waals surface area contributed by atoms with Gasteiger partial charge < -0.3 is 9.47 Å². The molecule has 0 radical (unpaired) electrons. The number of carbonyl (C=O) groups excluding carboxylic acids is 1. The zero-order valence-corrected chi connectivity index (χ0v) is 13.8. The summed E-state index contributed by atoms with van der Waals surface area (Å²) < 4.78 is 3.12. The van der Waals surface area contributed by atoms with Crippen molar-refractivity contribution in [2.24, 2.45) is 7.05 Å². The lowest BCUT2D eigenvalue weighted by atomic mass is 10.3. The molecule has 7 nitrogen and oxygen atoms in total. The number of hydrogen-bond acceptors (Lipinski definition) is 4. The standard InChI is InChI=1S/C17H17N5O2/c1-11-5-6-14-19-15-12(16(23)22(14)10-11)9-13(21(15)3)17(24)20(2)8-4-7-18/h5-6,9-10H,4,8H2,1-3H3. The maximum absolute atomic E-state index is 12.7. The van der Waals surface area contributed by atoms with Crippen molar-refractivity contribution in [1.29, 1.82) is 5.26 Å². The van der Waals surface area contributed by atoms with Crippen molar-refractivity contribution >= 4 is 22.6 Å². The second-order valence-corrected chi connectivity index (χ2v) is 5.81. The largest absolute Gasteiger partial charge is 0.339 e. The molecule has 0 unspecified atom stereocenters. The summed E-state index contributed by atoms with van der Waals surface area (Å²) in [5, 5.41) is 9.06. The molecule has 0 aliphatic carbocycles. The van der Waals surface area contributed by atoms with Crippen molar-refractivity contribution in [1.82, 2.24) is 18.9 Å². The van der Waals surface area contributed by atoms with Gasteiger partial charge in [-0.1, -0.05) is 6.07 Å². The molecule has 0 bridgehead atoms. The zero-order valence-electron chi connectivity index (χ0n) is 13.8. The topological polar surface area (TPSA) is 83.4 Å². The van der Waals surface area contributed by atoms with Crippen molar-refractivity contribution < 1.29 is 4.79 Å². The average Bonchev–Trinajstić information content (AvgIpc) is 2.90. The molecule has 0 N–H and O–H groups in total. The Hall–Kier alpha value is -3.14. The third-order valence-electron chi connectivity index (χ3n) is 4.07. The fourth-order valence-corrected chi connectivity index (χ4v) is 2.70. The van der Waals surface area contributed by atoms with E-state index in [4.69, 9.17) is 5.26 Å². The number of amides is 1. The highest BCUT2D eigenvalue weighted by Gasteiger charge is 2.20. The van der Waals surface area contributed by atoms with Crippen LogP contribution in [-0.4, -0.2) is 38.4 Å². The minimum Gasteiger partial charge on any atom is -0.339 e. The van der Waals surface area contributed by atoms with Crippen LogP contribution in [0.5, 0.6) is 0 Å². The fraction of sp³-hybridized carbons (Fsp3) is 0.294. The lowest BCUT2D eigenvalue weighted by Gasteiger charge is -2.15. The van der Waals surface area contributed by atoms with E-state index in [-0.39, 0.29) is 17.9 Å². The molecule has 0 saturated heterocycles. The molecule has 3 heterocycles. The van der Waals surface area contributed by atoms with E-state index in [9.17, 15) is 9.59 Å². The fourth-order valence-electron chi connectivity index (χ4n) is 2.70. The third-order valence-corrected chi connectivity index (χ3v) is 4.07. The number of nitriles is 1. The van der Waals surface area contributed by atoms with Crippen LogP contribution in [0.2, 0.25) is 0 Å². The Morgan fingerprint density at radius 2 is 2.17 bits per heavy atom. The summed E-state index contributed by atoms with van der Waals surface area (Å²) in [5.41, 5.74) is 2.14. The van der Waals surface area contributed by atoms with Crippen LogP contribution in [-0.2, 0) is 7.05 Å². The lowest BCUT2D eigenvalue weighted by Crippen LogP contribution is -2.29. The minimum atomic E-state index is -0.240. The van der Waals surface area contributed by atoms with Crippen LogP contribution in [0.15, 0.2) is 29.2 Å². The van der Waals surface area contributed by atoms with Crippen LogP contribution in [0, 0.1) is 18.3 Å². The smallest absolute Gasteiger partial charge is 0.270 e. The van der Waals surface area contributed by atoms with E-state index >= 15 is 0 Å². The highest BCUT2D eigenvalue weighted by atomic mass is 16.2. The van der Waals surface area contributed by atoms with Crippen molar-refractivity contribution in [3.05, 3.63) is 46.0 Å². The van der Waals surface area contributed by atoms with Crippen LogP contribution < -0.4 is 5.56 Å². The van der Waals surface area contributed by atoms with E-state index in [2.05, 4.69) is 4.98 Å². The molecule has 3 rings (SSSR count). The molecule has 122 valence electrons. The van der Waals surface area contributed by atoms with Gasteiger partial charge in [0, 0.05) is 26.8 Å². The second kappa shape index (κ2) is 5.81. The summed E-state index contributed by atoms with van der Waals surface area (Å²) in [6, 6.07) is 7.26. The summed E-state index contributed by atoms with van der Waals surface area (Å²) in [7, 11) is 3.35. The zero-order chi connectivity index (χ0) is 17.4. The van der Waals surface area contributed by atoms with Gasteiger partial charge in [0.15, 0.2) is 0 Å². The molecule has 24 heavy (non-hydrogen) atoms. The van der Waals surface area contributed by atoms with Gasteiger partial charge in [0.2, 0.25) is 0 Å². The highest BCUT2D eigenvalue weighted by Crippen LogP contribution is 2.16. The van der Waals surface area contributed by atoms with E-state index < -0.39 is 0 Å². The average molecular weight is 323 g/mol. The van der Waals surface area contributed by atoms with Gasteiger partial charge in [-0.3, -0.25) is 14.0 Å². The molecule has 3 aromatic rings. The Balaban J connectivity index is 2.19. The summed E-state index contributed by atoms with van der Waals surface area (Å²) in [5.74, 6) is -0.240. The van der Waals surface area contributed by atoms with Crippen molar-refractivity contribution in [2.75, 3.05) is 13.6 Å². The van der Waals surface area contributed by atoms with E-state index in [1.807, 2.05) is 19.1 Å². The van der Waals surface area contributed by atoms with Gasteiger partial charge in [0.1, 0.15) is 17.0 Å². The van der Waals surface area contributed by atoms with Gasteiger partial charge in [-0.15, -0.1) is 0 Å². The molecule has 0 aliphatic rings. The minimum absolute atomic E-state index is 0.201. The highest BCUT2D eigenvalue weighted by molar-refractivity contribution is 5.97. The van der Waals surface area contributed by atoms with Gasteiger partial charge in [-0.05, 0) is 24.6 Å². The van der Waals surface area contributed by atoms with E-state index in [1.54, 1.807) is 37.0 Å². The predicted molar refractivity (Wildman–Crippen MR) is 89.9 cm³/mol. The van der Waals surface area contributed by atoms with Gasteiger partial charge in [-0.25, -0.2) is 4.98 Å². The van der Waals surface area contributed by atoms with E-state index in [1.165, 1.54) is 9.30 Å². The maximum Gasteiger partial charge on any atom is 0.270 e. The van der Waals surface area contributed by atoms with E-state index in [0.717, 1.165) is 5.56 Å². The number of fused-ring (bicyclic) bond motifs is 2. The molecule has 0 spiro atoms. The van der Waals surface area contributed by atoms with Crippen molar-refractivity contribution in [3.8, 4) is 6.07 Å². The SMILES string of the molecule is Cc1ccc2nc3c(cc(C(=O)N(C)CCC#N)n3C)c(=O)n2c1. The normalized spacial score (nSPS) is 10.9. The summed E-state index contributed by atoms with van der Waals surface area (Å²) >= 11 is 0. The molecule has 0 aromatic carbocycles. The number of aromatic nitrogens is 3. The first-order valence-electron chi connectivity index (χ1n) is 7.55. The number of pyridine rings is 1. The van der Waals surface area contributed by atoms with Crippen LogP contribution in [0.3, 0.4) is 0 Å². The lowest BCUT2D eigenvalue weighted by molar-refractivity contribution is 0.0789. The Bertz CT molecular complexity index is 1050. The van der Waals surface area contributed by atoms with Gasteiger partial charge >= 0.3 is 0 Å². The molecule has 3 aromatic heterocycles. The first-order chi connectivity index (χ1) is 11.4. The van der Waals surface area contributed by atoms with Crippen molar-refractivity contribution in [3.63, 3.8) is 0 Å². The van der Waals surface area contributed by atoms with Gasteiger partial charge in [-0.2, -0.15) is 5.26 Å². The van der Waals surface area contributed by atoms with Crippen LogP contribution >= 0.6 is 0 Å². The molecular weight excluding hydrogens is 306 g/mol. The predicted octanol–water partition coefficient (Wildman–Crippen LogP) is 1.48. The number of nitrogens with zero attached hydrogens (tertiary/aromatic N) is 5. The summed E-state index contributed by atoms with van der Waals surface area (Å²) in [6.45, 7) is 2.24. The third kappa shape index (κ3) is 2.42. The van der Waals surface area contributed by atoms with Crippen LogP contribution in [0.25, 0.3) is 16.7 Å². The number of hydrogen-bond donors (Lipinski definition) is 0. The van der Waals surface area contributed by atoms with E-state index in [0.29, 0.717) is 28.9 Å². The van der Waals surface area contributed by atoms with Crippen LogP contribution in [0.4, 0.5) is 0 Å². The summed E-state index contributed by atoms with van der Waals surface area (Å²) in [4.78, 5) is 31.2. The number of carbonyl (C=O) groups is 1. The molecule has 7 heteroatoms. The number of aryl methyl sites for hydroxylation is 2. The Labute approximate surface area is 138 Å². The molecule has 0 fully saturated rings.